The smallest absolute Gasteiger partial charge is 0.261 e. The zero-order valence-corrected chi connectivity index (χ0v) is 17.5. The maximum atomic E-state index is 12.8. The largest absolute Gasteiger partial charge is 0.376 e. The van der Waals surface area contributed by atoms with E-state index in [4.69, 9.17) is 4.74 Å². The maximum Gasteiger partial charge on any atom is 0.261 e. The number of fused-ring (bicyclic) bond motifs is 1. The molecule has 3 amide bonds. The van der Waals surface area contributed by atoms with Gasteiger partial charge in [-0.3, -0.25) is 19.3 Å². The second-order valence-electron chi connectivity index (χ2n) is 8.90. The fourth-order valence-electron chi connectivity index (χ4n) is 3.85. The molecule has 1 unspecified atom stereocenters. The number of hydrogen-bond donors (Lipinski definition) is 1. The first-order valence-corrected chi connectivity index (χ1v) is 10.3. The molecule has 4 rings (SSSR count). The third-order valence-corrected chi connectivity index (χ3v) is 5.65. The molecule has 0 saturated carbocycles. The van der Waals surface area contributed by atoms with Gasteiger partial charge in [0.1, 0.15) is 0 Å². The van der Waals surface area contributed by atoms with Gasteiger partial charge in [0.25, 0.3) is 17.7 Å². The minimum atomic E-state index is -0.366. The van der Waals surface area contributed by atoms with Crippen LogP contribution in [0, 0.1) is 0 Å². The Labute approximate surface area is 176 Å². The molecular formula is C24H26N2O4. The first kappa shape index (κ1) is 20.3. The van der Waals surface area contributed by atoms with E-state index >= 15 is 0 Å². The van der Waals surface area contributed by atoms with Gasteiger partial charge in [-0.05, 0) is 54.2 Å². The number of imide groups is 1. The van der Waals surface area contributed by atoms with Crippen molar-refractivity contribution in [2.24, 2.45) is 0 Å². The third kappa shape index (κ3) is 3.87. The lowest BCUT2D eigenvalue weighted by Crippen LogP contribution is -2.36. The maximum absolute atomic E-state index is 12.8. The second kappa shape index (κ2) is 7.69. The topological polar surface area (TPSA) is 75.7 Å². The fourth-order valence-corrected chi connectivity index (χ4v) is 3.85. The Morgan fingerprint density at radius 2 is 1.77 bits per heavy atom. The van der Waals surface area contributed by atoms with Gasteiger partial charge in [-0.2, -0.15) is 0 Å². The summed E-state index contributed by atoms with van der Waals surface area (Å²) < 4.78 is 5.56. The molecule has 6 heteroatoms. The number of ether oxygens (including phenoxy) is 1. The van der Waals surface area contributed by atoms with Crippen LogP contribution in [0.1, 0.15) is 70.3 Å². The van der Waals surface area contributed by atoms with Crippen molar-refractivity contribution < 1.29 is 19.1 Å². The molecular weight excluding hydrogens is 380 g/mol. The molecule has 0 aromatic heterocycles. The second-order valence-corrected chi connectivity index (χ2v) is 8.90. The highest BCUT2D eigenvalue weighted by Gasteiger charge is 2.37. The van der Waals surface area contributed by atoms with Crippen LogP contribution < -0.4 is 5.32 Å². The molecule has 2 aliphatic rings. The van der Waals surface area contributed by atoms with E-state index in [2.05, 4.69) is 26.1 Å². The van der Waals surface area contributed by atoms with Crippen LogP contribution in [0.15, 0.2) is 42.5 Å². The van der Waals surface area contributed by atoms with Crippen molar-refractivity contribution in [3.05, 3.63) is 64.7 Å². The van der Waals surface area contributed by atoms with Crippen molar-refractivity contribution in [3.63, 3.8) is 0 Å². The molecule has 2 heterocycles. The first-order valence-electron chi connectivity index (χ1n) is 10.3. The number of nitrogens with zero attached hydrogens (tertiary/aromatic N) is 1. The van der Waals surface area contributed by atoms with E-state index in [1.165, 1.54) is 16.5 Å². The Hall–Kier alpha value is -2.99. The number of hydrogen-bond acceptors (Lipinski definition) is 4. The zero-order valence-electron chi connectivity index (χ0n) is 17.5. The van der Waals surface area contributed by atoms with E-state index in [-0.39, 0.29) is 41.3 Å². The summed E-state index contributed by atoms with van der Waals surface area (Å²) in [6.07, 6.45) is 1.68. The number of amides is 3. The van der Waals surface area contributed by atoms with E-state index in [9.17, 15) is 14.4 Å². The van der Waals surface area contributed by atoms with E-state index in [1.54, 1.807) is 12.1 Å². The molecule has 0 bridgehead atoms. The van der Waals surface area contributed by atoms with Gasteiger partial charge in [-0.15, -0.1) is 0 Å². The van der Waals surface area contributed by atoms with E-state index < -0.39 is 0 Å². The lowest BCUT2D eigenvalue weighted by molar-refractivity contribution is 0.0475. The third-order valence-electron chi connectivity index (χ3n) is 5.65. The number of anilines is 1. The van der Waals surface area contributed by atoms with Gasteiger partial charge in [0.2, 0.25) is 0 Å². The van der Waals surface area contributed by atoms with E-state index in [1.807, 2.05) is 24.3 Å². The number of benzene rings is 2. The van der Waals surface area contributed by atoms with Gasteiger partial charge in [0.05, 0.1) is 23.8 Å². The van der Waals surface area contributed by atoms with Crippen molar-refractivity contribution in [2.45, 2.75) is 45.1 Å². The van der Waals surface area contributed by atoms with Gasteiger partial charge in [0, 0.05) is 17.9 Å². The van der Waals surface area contributed by atoms with Crippen LogP contribution in [0.4, 0.5) is 5.69 Å². The predicted octanol–water partition coefficient (Wildman–Crippen LogP) is 4.01. The molecule has 0 radical (unpaired) electrons. The molecule has 1 fully saturated rings. The molecule has 6 nitrogen and oxygen atoms in total. The normalized spacial score (nSPS) is 18.6. The number of carbonyl (C=O) groups is 3. The van der Waals surface area contributed by atoms with Crippen molar-refractivity contribution in [1.82, 2.24) is 4.90 Å². The Bertz CT molecular complexity index is 999. The highest BCUT2D eigenvalue weighted by molar-refractivity contribution is 6.22. The summed E-state index contributed by atoms with van der Waals surface area (Å²) in [5.41, 5.74) is 2.83. The molecule has 2 aromatic rings. The summed E-state index contributed by atoms with van der Waals surface area (Å²) in [6.45, 7) is 7.31. The van der Waals surface area contributed by atoms with Gasteiger partial charge in [-0.25, -0.2) is 0 Å². The van der Waals surface area contributed by atoms with Crippen molar-refractivity contribution in [3.8, 4) is 0 Å². The summed E-state index contributed by atoms with van der Waals surface area (Å²) in [5, 5.41) is 2.86. The summed E-state index contributed by atoms with van der Waals surface area (Å²) in [4.78, 5) is 39.3. The predicted molar refractivity (Wildman–Crippen MR) is 114 cm³/mol. The highest BCUT2D eigenvalue weighted by atomic mass is 16.5. The standard InChI is InChI=1S/C24H26N2O4/c1-24(2,3)16-7-9-17(10-8-16)25-21(27)15-6-11-19-20(13-15)23(29)26(22(19)28)14-18-5-4-12-30-18/h6-11,13,18H,4-5,12,14H2,1-3H3,(H,25,27). The lowest BCUT2D eigenvalue weighted by Gasteiger charge is -2.19. The molecule has 2 aliphatic heterocycles. The molecule has 1 N–H and O–H groups in total. The summed E-state index contributed by atoms with van der Waals surface area (Å²) >= 11 is 0. The highest BCUT2D eigenvalue weighted by Crippen LogP contribution is 2.27. The minimum Gasteiger partial charge on any atom is -0.376 e. The SMILES string of the molecule is CC(C)(C)c1ccc(NC(=O)c2ccc3c(c2)C(=O)N(CC2CCCO2)C3=O)cc1. The molecule has 1 atom stereocenters. The Morgan fingerprint density at radius 1 is 1.07 bits per heavy atom. The molecule has 0 spiro atoms. The molecule has 1 saturated heterocycles. The number of carbonyl (C=O) groups excluding carboxylic acids is 3. The van der Waals surface area contributed by atoms with E-state index in [0.717, 1.165) is 12.8 Å². The van der Waals surface area contributed by atoms with Crippen molar-refractivity contribution in [1.29, 1.82) is 0 Å². The molecule has 30 heavy (non-hydrogen) atoms. The summed E-state index contributed by atoms with van der Waals surface area (Å²) in [7, 11) is 0. The average Bonchev–Trinajstić information content (AvgIpc) is 3.30. The van der Waals surface area contributed by atoms with Crippen molar-refractivity contribution >= 4 is 23.4 Å². The van der Waals surface area contributed by atoms with Crippen LogP contribution in [-0.2, 0) is 10.2 Å². The van der Waals surface area contributed by atoms with Crippen LogP contribution >= 0.6 is 0 Å². The monoisotopic (exact) mass is 406 g/mol. The van der Waals surface area contributed by atoms with Gasteiger partial charge < -0.3 is 10.1 Å². The lowest BCUT2D eigenvalue weighted by atomic mass is 9.87. The van der Waals surface area contributed by atoms with Crippen LogP contribution in [0.25, 0.3) is 0 Å². The van der Waals surface area contributed by atoms with Crippen LogP contribution in [0.5, 0.6) is 0 Å². The Kier molecular flexibility index (Phi) is 5.20. The van der Waals surface area contributed by atoms with Gasteiger partial charge in [0.15, 0.2) is 0 Å². The summed E-state index contributed by atoms with van der Waals surface area (Å²) in [5.74, 6) is -1.01. The number of rotatable bonds is 4. The fraction of sp³-hybridized carbons (Fsp3) is 0.375. The van der Waals surface area contributed by atoms with E-state index in [0.29, 0.717) is 23.4 Å². The molecule has 2 aromatic carbocycles. The van der Waals surface area contributed by atoms with Crippen LogP contribution in [-0.4, -0.2) is 41.9 Å². The zero-order chi connectivity index (χ0) is 21.5. The van der Waals surface area contributed by atoms with Crippen LogP contribution in [0.2, 0.25) is 0 Å². The average molecular weight is 406 g/mol. The Morgan fingerprint density at radius 3 is 2.40 bits per heavy atom. The molecule has 0 aliphatic carbocycles. The van der Waals surface area contributed by atoms with Crippen LogP contribution in [0.3, 0.4) is 0 Å². The van der Waals surface area contributed by atoms with Crippen molar-refractivity contribution in [2.75, 3.05) is 18.5 Å². The Balaban J connectivity index is 1.49. The minimum absolute atomic E-state index is 0.0326. The van der Waals surface area contributed by atoms with Gasteiger partial charge >= 0.3 is 0 Å². The van der Waals surface area contributed by atoms with Gasteiger partial charge in [-0.1, -0.05) is 32.9 Å². The quantitative estimate of drug-likeness (QED) is 0.779. The number of nitrogens with one attached hydrogen (secondary N) is 1. The summed E-state index contributed by atoms with van der Waals surface area (Å²) in [6, 6.07) is 12.4. The molecule has 156 valence electrons. The first-order chi connectivity index (χ1) is 14.2.